The molecular weight excluding hydrogens is 277 g/mol. The first kappa shape index (κ1) is 14.5. The molecule has 0 spiro atoms. The summed E-state index contributed by atoms with van der Waals surface area (Å²) in [4.78, 5) is 22.6. The monoisotopic (exact) mass is 289 g/mol. The first-order valence-corrected chi connectivity index (χ1v) is 6.07. The number of amides is 1. The van der Waals surface area contributed by atoms with Crippen molar-refractivity contribution in [2.45, 2.75) is 6.42 Å². The number of carboxylic acid groups (broad SMARTS) is 1. The van der Waals surface area contributed by atoms with E-state index in [2.05, 4.69) is 5.32 Å². The number of aromatic hydroxyl groups is 1. The van der Waals surface area contributed by atoms with Gasteiger partial charge in [-0.3, -0.25) is 9.59 Å². The van der Waals surface area contributed by atoms with Gasteiger partial charge in [0.15, 0.2) is 0 Å². The van der Waals surface area contributed by atoms with Crippen LogP contribution in [0.15, 0.2) is 42.5 Å². The largest absolute Gasteiger partial charge is 0.506 e. The first-order chi connectivity index (χ1) is 9.97. The molecule has 0 aromatic heterocycles. The molecule has 2 aromatic carbocycles. The summed E-state index contributed by atoms with van der Waals surface area (Å²) in [6.07, 6.45) is -0.247. The third-order valence-electron chi connectivity index (χ3n) is 2.78. The van der Waals surface area contributed by atoms with E-state index in [-0.39, 0.29) is 23.4 Å². The van der Waals surface area contributed by atoms with Crippen LogP contribution < -0.4 is 5.32 Å². The maximum Gasteiger partial charge on any atom is 0.307 e. The van der Waals surface area contributed by atoms with Crippen molar-refractivity contribution in [3.8, 4) is 5.75 Å². The number of rotatable bonds is 4. The Kier molecular flexibility index (Phi) is 4.18. The number of anilines is 1. The lowest BCUT2D eigenvalue weighted by Crippen LogP contribution is -2.14. The molecule has 0 fully saturated rings. The average molecular weight is 289 g/mol. The second-order valence-electron chi connectivity index (χ2n) is 4.36. The van der Waals surface area contributed by atoms with Gasteiger partial charge in [0.1, 0.15) is 11.6 Å². The lowest BCUT2D eigenvalue weighted by molar-refractivity contribution is -0.136. The van der Waals surface area contributed by atoms with E-state index in [1.54, 1.807) is 0 Å². The highest BCUT2D eigenvalue weighted by Gasteiger charge is 2.13. The molecule has 0 aliphatic carbocycles. The van der Waals surface area contributed by atoms with Gasteiger partial charge in [0, 0.05) is 0 Å². The van der Waals surface area contributed by atoms with Gasteiger partial charge in [0.25, 0.3) is 5.91 Å². The third-order valence-corrected chi connectivity index (χ3v) is 2.78. The lowest BCUT2D eigenvalue weighted by Gasteiger charge is -2.09. The van der Waals surface area contributed by atoms with Crippen molar-refractivity contribution in [3.05, 3.63) is 59.4 Å². The van der Waals surface area contributed by atoms with E-state index in [1.165, 1.54) is 36.4 Å². The van der Waals surface area contributed by atoms with Crippen molar-refractivity contribution in [2.24, 2.45) is 0 Å². The molecule has 2 rings (SSSR count). The van der Waals surface area contributed by atoms with Crippen LogP contribution in [0.1, 0.15) is 15.9 Å². The van der Waals surface area contributed by atoms with Crippen molar-refractivity contribution in [3.63, 3.8) is 0 Å². The van der Waals surface area contributed by atoms with Crippen LogP contribution in [0, 0.1) is 5.82 Å². The van der Waals surface area contributed by atoms with Gasteiger partial charge in [-0.15, -0.1) is 0 Å². The van der Waals surface area contributed by atoms with Gasteiger partial charge in [-0.1, -0.05) is 18.2 Å². The minimum absolute atomic E-state index is 0.0296. The Hall–Kier alpha value is -2.89. The molecule has 0 bridgehead atoms. The predicted octanol–water partition coefficient (Wildman–Crippen LogP) is 2.41. The molecule has 0 saturated carbocycles. The standard InChI is InChI=1S/C15H12FNO4/c16-11-4-2-1-3-10(11)15(21)17-12-7-9(8-14(19)20)5-6-13(12)18/h1-7,18H,8H2,(H,17,21)(H,19,20). The number of carboxylic acids is 1. The number of hydrogen-bond donors (Lipinski definition) is 3. The summed E-state index contributed by atoms with van der Waals surface area (Å²) in [6.45, 7) is 0. The summed E-state index contributed by atoms with van der Waals surface area (Å²) in [5.41, 5.74) is 0.270. The fourth-order valence-corrected chi connectivity index (χ4v) is 1.80. The number of halogens is 1. The van der Waals surface area contributed by atoms with Gasteiger partial charge in [0.05, 0.1) is 17.7 Å². The predicted molar refractivity (Wildman–Crippen MR) is 73.8 cm³/mol. The van der Waals surface area contributed by atoms with E-state index in [0.29, 0.717) is 5.56 Å². The van der Waals surface area contributed by atoms with E-state index in [0.717, 1.165) is 6.07 Å². The maximum atomic E-state index is 13.5. The van der Waals surface area contributed by atoms with E-state index in [9.17, 15) is 19.1 Å². The highest BCUT2D eigenvalue weighted by Crippen LogP contribution is 2.25. The van der Waals surface area contributed by atoms with Crippen LogP contribution in [0.5, 0.6) is 5.75 Å². The van der Waals surface area contributed by atoms with Gasteiger partial charge in [-0.2, -0.15) is 0 Å². The summed E-state index contributed by atoms with van der Waals surface area (Å²) in [5.74, 6) is -2.67. The Morgan fingerprint density at radius 2 is 1.86 bits per heavy atom. The van der Waals surface area contributed by atoms with E-state index < -0.39 is 17.7 Å². The van der Waals surface area contributed by atoms with Gasteiger partial charge in [0.2, 0.25) is 0 Å². The van der Waals surface area contributed by atoms with Gasteiger partial charge in [-0.05, 0) is 29.8 Å². The number of nitrogens with one attached hydrogen (secondary N) is 1. The molecule has 0 aliphatic heterocycles. The van der Waals surface area contributed by atoms with Crippen molar-refractivity contribution >= 4 is 17.6 Å². The second kappa shape index (κ2) is 6.04. The van der Waals surface area contributed by atoms with E-state index in [4.69, 9.17) is 5.11 Å². The summed E-state index contributed by atoms with van der Waals surface area (Å²) in [5, 5.41) is 20.8. The Balaban J connectivity index is 2.24. The number of hydrogen-bond acceptors (Lipinski definition) is 3. The fourth-order valence-electron chi connectivity index (χ4n) is 1.80. The first-order valence-electron chi connectivity index (χ1n) is 6.07. The zero-order valence-corrected chi connectivity index (χ0v) is 10.8. The van der Waals surface area contributed by atoms with Crippen LogP contribution >= 0.6 is 0 Å². The minimum Gasteiger partial charge on any atom is -0.506 e. The van der Waals surface area contributed by atoms with Crippen LogP contribution in [0.2, 0.25) is 0 Å². The molecule has 0 heterocycles. The van der Waals surface area contributed by atoms with E-state index >= 15 is 0 Å². The molecule has 108 valence electrons. The number of carbonyl (C=O) groups excluding carboxylic acids is 1. The second-order valence-corrected chi connectivity index (χ2v) is 4.36. The van der Waals surface area contributed by atoms with Crippen LogP contribution in [-0.2, 0) is 11.2 Å². The number of carbonyl (C=O) groups is 2. The Morgan fingerprint density at radius 1 is 1.14 bits per heavy atom. The molecule has 21 heavy (non-hydrogen) atoms. The topological polar surface area (TPSA) is 86.6 Å². The van der Waals surface area contributed by atoms with Gasteiger partial charge >= 0.3 is 5.97 Å². The number of phenolic OH excluding ortho intramolecular Hbond substituents is 1. The molecule has 0 atom stereocenters. The number of benzene rings is 2. The lowest BCUT2D eigenvalue weighted by atomic mass is 10.1. The summed E-state index contributed by atoms with van der Waals surface area (Å²) in [6, 6.07) is 9.47. The molecular formula is C15H12FNO4. The van der Waals surface area contributed by atoms with Crippen molar-refractivity contribution < 1.29 is 24.2 Å². The molecule has 0 unspecified atom stereocenters. The quantitative estimate of drug-likeness (QED) is 0.754. The van der Waals surface area contributed by atoms with E-state index in [1.807, 2.05) is 0 Å². The van der Waals surface area contributed by atoms with Crippen molar-refractivity contribution in [2.75, 3.05) is 5.32 Å². The molecule has 1 amide bonds. The Labute approximate surface area is 119 Å². The zero-order chi connectivity index (χ0) is 15.4. The molecule has 5 nitrogen and oxygen atoms in total. The molecule has 0 saturated heterocycles. The fraction of sp³-hybridized carbons (Fsp3) is 0.0667. The van der Waals surface area contributed by atoms with Crippen LogP contribution in [-0.4, -0.2) is 22.1 Å². The highest BCUT2D eigenvalue weighted by molar-refractivity contribution is 6.05. The summed E-state index contributed by atoms with van der Waals surface area (Å²) >= 11 is 0. The smallest absolute Gasteiger partial charge is 0.307 e. The minimum atomic E-state index is -1.04. The van der Waals surface area contributed by atoms with Gasteiger partial charge < -0.3 is 15.5 Å². The molecule has 0 radical (unpaired) electrons. The van der Waals surface area contributed by atoms with Crippen LogP contribution in [0.25, 0.3) is 0 Å². The average Bonchev–Trinajstić information content (AvgIpc) is 2.42. The number of aliphatic carboxylic acids is 1. The molecule has 3 N–H and O–H groups in total. The Morgan fingerprint density at radius 3 is 2.52 bits per heavy atom. The highest BCUT2D eigenvalue weighted by atomic mass is 19.1. The SMILES string of the molecule is O=C(O)Cc1ccc(O)c(NC(=O)c2ccccc2F)c1. The molecule has 0 aliphatic rings. The van der Waals surface area contributed by atoms with Crippen molar-refractivity contribution in [1.29, 1.82) is 0 Å². The summed E-state index contributed by atoms with van der Waals surface area (Å²) in [7, 11) is 0. The maximum absolute atomic E-state index is 13.5. The summed E-state index contributed by atoms with van der Waals surface area (Å²) < 4.78 is 13.5. The third kappa shape index (κ3) is 3.56. The Bertz CT molecular complexity index is 700. The zero-order valence-electron chi connectivity index (χ0n) is 10.8. The van der Waals surface area contributed by atoms with Gasteiger partial charge in [-0.25, -0.2) is 4.39 Å². The normalized spacial score (nSPS) is 10.1. The van der Waals surface area contributed by atoms with Crippen LogP contribution in [0.3, 0.4) is 0 Å². The number of phenols is 1. The molecule has 2 aromatic rings. The van der Waals surface area contributed by atoms with Crippen molar-refractivity contribution in [1.82, 2.24) is 0 Å². The molecule has 6 heteroatoms. The van der Waals surface area contributed by atoms with Crippen LogP contribution in [0.4, 0.5) is 10.1 Å².